The number of hydrogen-bond donors (Lipinski definition) is 2. The van der Waals surface area contributed by atoms with Crippen LogP contribution in [0.5, 0.6) is 0 Å². The molecule has 1 aromatic heterocycles. The van der Waals surface area contributed by atoms with Crippen LogP contribution in [0.1, 0.15) is 22.3 Å². The molecule has 36 heavy (non-hydrogen) atoms. The van der Waals surface area contributed by atoms with E-state index in [1.165, 1.54) is 42.6 Å². The van der Waals surface area contributed by atoms with E-state index in [0.717, 1.165) is 6.07 Å². The number of amides is 3. The Balaban J connectivity index is 1.35. The quantitative estimate of drug-likeness (QED) is 0.480. The average Bonchev–Trinajstić information content (AvgIpc) is 3.10. The number of carbonyl (C=O) groups excluding carboxylic acids is 2. The molecule has 2 heterocycles. The van der Waals surface area contributed by atoms with Crippen LogP contribution in [0, 0.1) is 5.82 Å². The monoisotopic (exact) mass is 501 g/mol. The summed E-state index contributed by atoms with van der Waals surface area (Å²) >= 11 is 0. The molecule has 3 aromatic rings. The fraction of sp³-hybridized carbons (Fsp3) is 0.240. The number of halogens is 4. The predicted octanol–water partition coefficient (Wildman–Crippen LogP) is 5.24. The summed E-state index contributed by atoms with van der Waals surface area (Å²) in [5, 5.41) is 4.68. The molecule has 0 spiro atoms. The van der Waals surface area contributed by atoms with Crippen LogP contribution in [-0.2, 0) is 6.18 Å². The number of nitrogens with zero attached hydrogens (tertiary/aromatic N) is 3. The van der Waals surface area contributed by atoms with Gasteiger partial charge < -0.3 is 20.4 Å². The zero-order valence-corrected chi connectivity index (χ0v) is 19.1. The molecule has 1 aliphatic heterocycles. The highest BCUT2D eigenvalue weighted by Crippen LogP contribution is 2.34. The van der Waals surface area contributed by atoms with Gasteiger partial charge in [-0.05, 0) is 42.8 Å². The second-order valence-corrected chi connectivity index (χ2v) is 8.14. The van der Waals surface area contributed by atoms with Gasteiger partial charge in [0.05, 0.1) is 28.7 Å². The van der Waals surface area contributed by atoms with Crippen LogP contribution in [0.25, 0.3) is 0 Å². The fourth-order valence-corrected chi connectivity index (χ4v) is 3.93. The van der Waals surface area contributed by atoms with Crippen molar-refractivity contribution in [1.29, 1.82) is 0 Å². The molecule has 0 radical (unpaired) electrons. The first kappa shape index (κ1) is 25.0. The summed E-state index contributed by atoms with van der Waals surface area (Å²) in [6.07, 6.45) is -2.55. The summed E-state index contributed by atoms with van der Waals surface area (Å²) in [6, 6.07) is 13.0. The smallest absolute Gasteiger partial charge is 0.355 e. The zero-order valence-electron chi connectivity index (χ0n) is 19.1. The second kappa shape index (κ2) is 10.6. The lowest BCUT2D eigenvalue weighted by atomic mass is 10.1. The lowest BCUT2D eigenvalue weighted by Gasteiger charge is -2.23. The third kappa shape index (κ3) is 5.91. The lowest BCUT2D eigenvalue weighted by molar-refractivity contribution is -0.136. The van der Waals surface area contributed by atoms with Gasteiger partial charge in [-0.3, -0.25) is 4.79 Å². The molecule has 2 N–H and O–H groups in total. The van der Waals surface area contributed by atoms with Crippen molar-refractivity contribution in [2.24, 2.45) is 0 Å². The maximum atomic E-state index is 14.0. The Morgan fingerprint density at radius 3 is 2.33 bits per heavy atom. The summed E-state index contributed by atoms with van der Waals surface area (Å²) in [5.41, 5.74) is -0.967. The number of pyridine rings is 1. The number of hydrogen-bond acceptors (Lipinski definition) is 4. The summed E-state index contributed by atoms with van der Waals surface area (Å²) < 4.78 is 53.4. The van der Waals surface area contributed by atoms with Gasteiger partial charge in [0, 0.05) is 26.2 Å². The van der Waals surface area contributed by atoms with E-state index in [1.807, 2.05) is 4.90 Å². The van der Waals surface area contributed by atoms with Crippen molar-refractivity contribution in [3.8, 4) is 0 Å². The molecular formula is C25H23F4N5O2. The fourth-order valence-electron chi connectivity index (χ4n) is 3.93. The first-order valence-corrected chi connectivity index (χ1v) is 11.2. The van der Waals surface area contributed by atoms with Crippen LogP contribution >= 0.6 is 0 Å². The molecule has 3 amide bonds. The molecule has 1 fully saturated rings. The van der Waals surface area contributed by atoms with Gasteiger partial charge in [0.2, 0.25) is 0 Å². The van der Waals surface area contributed by atoms with E-state index in [-0.39, 0.29) is 17.2 Å². The molecule has 7 nitrogen and oxygen atoms in total. The number of urea groups is 1. The lowest BCUT2D eigenvalue weighted by Crippen LogP contribution is -2.35. The molecule has 0 saturated carbocycles. The van der Waals surface area contributed by atoms with Crippen molar-refractivity contribution in [1.82, 2.24) is 9.88 Å². The number of nitrogens with one attached hydrogen (secondary N) is 2. The Hall–Kier alpha value is -4.15. The molecule has 0 unspecified atom stereocenters. The molecule has 2 aromatic carbocycles. The van der Waals surface area contributed by atoms with E-state index < -0.39 is 23.6 Å². The van der Waals surface area contributed by atoms with Crippen LogP contribution in [0.15, 0.2) is 66.9 Å². The number of rotatable bonds is 4. The molecular weight excluding hydrogens is 478 g/mol. The highest BCUT2D eigenvalue weighted by atomic mass is 19.4. The predicted molar refractivity (Wildman–Crippen MR) is 127 cm³/mol. The van der Waals surface area contributed by atoms with Crippen LogP contribution in [0.2, 0.25) is 0 Å². The van der Waals surface area contributed by atoms with Crippen LogP contribution in [0.4, 0.5) is 39.5 Å². The minimum absolute atomic E-state index is 0.0376. The molecule has 0 aliphatic carbocycles. The molecule has 1 aliphatic rings. The zero-order chi connectivity index (χ0) is 25.7. The highest BCUT2D eigenvalue weighted by molar-refractivity contribution is 6.00. The number of aromatic nitrogens is 1. The Bertz CT molecular complexity index is 1230. The van der Waals surface area contributed by atoms with Crippen LogP contribution in [-0.4, -0.2) is 48.0 Å². The summed E-state index contributed by atoms with van der Waals surface area (Å²) in [7, 11) is 0. The van der Waals surface area contributed by atoms with Crippen molar-refractivity contribution in [2.75, 3.05) is 41.7 Å². The number of carbonyl (C=O) groups is 2. The van der Waals surface area contributed by atoms with E-state index in [4.69, 9.17) is 0 Å². The van der Waals surface area contributed by atoms with E-state index >= 15 is 0 Å². The van der Waals surface area contributed by atoms with Crippen LogP contribution < -0.4 is 15.5 Å². The van der Waals surface area contributed by atoms with E-state index in [2.05, 4.69) is 15.6 Å². The van der Waals surface area contributed by atoms with Crippen molar-refractivity contribution in [2.45, 2.75) is 12.6 Å². The maximum absolute atomic E-state index is 14.0. The van der Waals surface area contributed by atoms with E-state index in [1.54, 1.807) is 23.1 Å². The maximum Gasteiger partial charge on any atom is 0.418 e. The standard InChI is InChI=1S/C25H23F4N5O2/c26-20-8-3-1-6-18(20)23(35)34-13-5-12-33(14-15-34)22-11-10-17(16-30-22)31-24(36)32-21-9-4-2-7-19(21)25(27,28)29/h1-4,6-11,16H,5,12-15H2,(H2,31,32,36). The Morgan fingerprint density at radius 2 is 1.61 bits per heavy atom. The normalized spacial score (nSPS) is 14.2. The van der Waals surface area contributed by atoms with Gasteiger partial charge in [0.15, 0.2) is 0 Å². The molecule has 1 saturated heterocycles. The first-order chi connectivity index (χ1) is 17.2. The number of para-hydroxylation sites is 1. The largest absolute Gasteiger partial charge is 0.418 e. The third-order valence-electron chi connectivity index (χ3n) is 5.70. The van der Waals surface area contributed by atoms with Crippen LogP contribution in [0.3, 0.4) is 0 Å². The molecule has 4 rings (SSSR count). The molecule has 188 valence electrons. The second-order valence-electron chi connectivity index (χ2n) is 8.14. The van der Waals surface area contributed by atoms with Crippen molar-refractivity contribution in [3.05, 3.63) is 83.8 Å². The summed E-state index contributed by atoms with van der Waals surface area (Å²) in [4.78, 5) is 32.9. The minimum atomic E-state index is -4.60. The van der Waals surface area contributed by atoms with Gasteiger partial charge in [-0.15, -0.1) is 0 Å². The average molecular weight is 501 g/mol. The topological polar surface area (TPSA) is 77.6 Å². The SMILES string of the molecule is O=C(Nc1ccc(N2CCCN(C(=O)c3ccccc3F)CC2)nc1)Nc1ccccc1C(F)(F)F. The van der Waals surface area contributed by atoms with Gasteiger partial charge in [-0.2, -0.15) is 13.2 Å². The van der Waals surface area contributed by atoms with Gasteiger partial charge >= 0.3 is 12.2 Å². The number of benzene rings is 2. The molecule has 11 heteroatoms. The third-order valence-corrected chi connectivity index (χ3v) is 5.70. The molecule has 0 atom stereocenters. The van der Waals surface area contributed by atoms with E-state index in [9.17, 15) is 27.2 Å². The van der Waals surface area contributed by atoms with Crippen molar-refractivity contribution in [3.63, 3.8) is 0 Å². The first-order valence-electron chi connectivity index (χ1n) is 11.2. The molecule has 0 bridgehead atoms. The van der Waals surface area contributed by atoms with E-state index in [0.29, 0.717) is 44.1 Å². The highest BCUT2D eigenvalue weighted by Gasteiger charge is 2.33. The van der Waals surface area contributed by atoms with Gasteiger partial charge in [0.25, 0.3) is 5.91 Å². The summed E-state index contributed by atoms with van der Waals surface area (Å²) in [6.45, 7) is 1.96. The summed E-state index contributed by atoms with van der Waals surface area (Å²) in [5.74, 6) is -0.302. The Labute approximate surface area is 204 Å². The van der Waals surface area contributed by atoms with Gasteiger partial charge in [-0.25, -0.2) is 14.2 Å². The number of anilines is 3. The minimum Gasteiger partial charge on any atom is -0.355 e. The van der Waals surface area contributed by atoms with Crippen molar-refractivity contribution < 1.29 is 27.2 Å². The Kier molecular flexibility index (Phi) is 7.37. The van der Waals surface area contributed by atoms with Gasteiger partial charge in [0.1, 0.15) is 11.6 Å². The van der Waals surface area contributed by atoms with Gasteiger partial charge in [-0.1, -0.05) is 24.3 Å². The number of alkyl halides is 3. The van der Waals surface area contributed by atoms with Crippen molar-refractivity contribution >= 4 is 29.1 Å². The Morgan fingerprint density at radius 1 is 0.861 bits per heavy atom.